The fraction of sp³-hybridized carbons (Fsp3) is 0.526. The van der Waals surface area contributed by atoms with E-state index in [1.807, 2.05) is 7.05 Å². The Kier molecular flexibility index (Phi) is 10.6. The number of aliphatic imine (C=N–C) groups is 1. The molecule has 0 aliphatic heterocycles. The van der Waals surface area contributed by atoms with E-state index in [-0.39, 0.29) is 24.0 Å². The Morgan fingerprint density at radius 3 is 2.56 bits per heavy atom. The smallest absolute Gasteiger partial charge is 0.190 e. The molecule has 0 saturated heterocycles. The number of H-pyrrole nitrogens is 1. The minimum Gasteiger partial charge on any atom is -0.361 e. The summed E-state index contributed by atoms with van der Waals surface area (Å²) in [5.74, 6) is 0.884. The zero-order valence-electron chi connectivity index (χ0n) is 15.6. The van der Waals surface area contributed by atoms with Crippen molar-refractivity contribution in [1.82, 2.24) is 20.5 Å². The van der Waals surface area contributed by atoms with Gasteiger partial charge in [-0.25, -0.2) is 0 Å². The molecule has 25 heavy (non-hydrogen) atoms. The number of halogens is 1. The van der Waals surface area contributed by atoms with Gasteiger partial charge in [-0.15, -0.1) is 24.0 Å². The van der Waals surface area contributed by atoms with Gasteiger partial charge in [0.25, 0.3) is 0 Å². The number of hydrogen-bond donors (Lipinski definition) is 3. The number of nitrogens with zero attached hydrogens (tertiary/aromatic N) is 2. The summed E-state index contributed by atoms with van der Waals surface area (Å²) < 4.78 is 0. The van der Waals surface area contributed by atoms with Crippen molar-refractivity contribution in [2.45, 2.75) is 26.7 Å². The quantitative estimate of drug-likeness (QED) is 0.235. The maximum atomic E-state index is 4.30. The Morgan fingerprint density at radius 1 is 1.12 bits per heavy atom. The minimum absolute atomic E-state index is 0. The average molecular weight is 457 g/mol. The molecule has 0 aliphatic carbocycles. The van der Waals surface area contributed by atoms with Crippen LogP contribution in [0.1, 0.15) is 25.8 Å². The summed E-state index contributed by atoms with van der Waals surface area (Å²) in [5.41, 5.74) is 2.54. The normalized spacial score (nSPS) is 11.6. The first-order valence-corrected chi connectivity index (χ1v) is 9.00. The Balaban J connectivity index is 0.00000312. The van der Waals surface area contributed by atoms with Crippen LogP contribution < -0.4 is 10.6 Å². The van der Waals surface area contributed by atoms with Crippen molar-refractivity contribution in [1.29, 1.82) is 0 Å². The van der Waals surface area contributed by atoms with Crippen LogP contribution in [0.4, 0.5) is 0 Å². The third-order valence-electron chi connectivity index (χ3n) is 4.42. The van der Waals surface area contributed by atoms with Gasteiger partial charge in [-0.05, 0) is 44.1 Å². The summed E-state index contributed by atoms with van der Waals surface area (Å²) in [6.45, 7) is 9.61. The first-order valence-electron chi connectivity index (χ1n) is 9.00. The van der Waals surface area contributed by atoms with Crippen LogP contribution in [-0.4, -0.2) is 55.6 Å². The fourth-order valence-corrected chi connectivity index (χ4v) is 2.92. The standard InChI is InChI=1S/C19H31N5.HI/c1-4-24(5-2)14-8-12-21-19(20-3)22-13-11-16-15-23-18-10-7-6-9-17(16)18;/h6-7,9-10,15,23H,4-5,8,11-14H2,1-3H3,(H2,20,21,22);1H. The second-order valence-electron chi connectivity index (χ2n) is 5.92. The van der Waals surface area contributed by atoms with Crippen LogP contribution in [0.2, 0.25) is 0 Å². The van der Waals surface area contributed by atoms with Gasteiger partial charge in [-0.2, -0.15) is 0 Å². The lowest BCUT2D eigenvalue weighted by molar-refractivity contribution is 0.300. The summed E-state index contributed by atoms with van der Waals surface area (Å²) in [7, 11) is 1.82. The van der Waals surface area contributed by atoms with E-state index in [4.69, 9.17) is 0 Å². The third-order valence-corrected chi connectivity index (χ3v) is 4.42. The van der Waals surface area contributed by atoms with E-state index in [1.165, 1.54) is 16.5 Å². The van der Waals surface area contributed by atoms with Gasteiger partial charge in [-0.3, -0.25) is 4.99 Å². The highest BCUT2D eigenvalue weighted by molar-refractivity contribution is 14.0. The largest absolute Gasteiger partial charge is 0.361 e. The highest BCUT2D eigenvalue weighted by Crippen LogP contribution is 2.17. The number of nitrogens with one attached hydrogen (secondary N) is 3. The highest BCUT2D eigenvalue weighted by Gasteiger charge is 2.04. The minimum atomic E-state index is 0. The molecular weight excluding hydrogens is 425 g/mol. The SMILES string of the molecule is CCN(CC)CCCNC(=NC)NCCc1c[nH]c2ccccc12.I. The molecule has 0 atom stereocenters. The maximum absolute atomic E-state index is 4.30. The summed E-state index contributed by atoms with van der Waals surface area (Å²) >= 11 is 0. The maximum Gasteiger partial charge on any atom is 0.190 e. The van der Waals surface area contributed by atoms with Crippen LogP contribution in [0.25, 0.3) is 10.9 Å². The highest BCUT2D eigenvalue weighted by atomic mass is 127. The van der Waals surface area contributed by atoms with Gasteiger partial charge in [0.05, 0.1) is 0 Å². The Labute approximate surface area is 168 Å². The average Bonchev–Trinajstić information content (AvgIpc) is 3.03. The van der Waals surface area contributed by atoms with Crippen molar-refractivity contribution in [2.75, 3.05) is 39.8 Å². The number of aromatic amines is 1. The van der Waals surface area contributed by atoms with Gasteiger partial charge in [0.1, 0.15) is 0 Å². The summed E-state index contributed by atoms with van der Waals surface area (Å²) in [4.78, 5) is 10.1. The van der Waals surface area contributed by atoms with Crippen molar-refractivity contribution >= 4 is 40.8 Å². The molecule has 0 aliphatic rings. The van der Waals surface area contributed by atoms with Crippen LogP contribution in [0, 0.1) is 0 Å². The van der Waals surface area contributed by atoms with Crippen molar-refractivity contribution in [2.24, 2.45) is 4.99 Å². The molecule has 0 radical (unpaired) electrons. The third kappa shape index (κ3) is 6.86. The number of benzene rings is 1. The van der Waals surface area contributed by atoms with Crippen LogP contribution in [0.15, 0.2) is 35.5 Å². The number of para-hydroxylation sites is 1. The monoisotopic (exact) mass is 457 g/mol. The Bertz CT molecular complexity index is 634. The van der Waals surface area contributed by atoms with Gasteiger partial charge >= 0.3 is 0 Å². The van der Waals surface area contributed by atoms with E-state index in [0.29, 0.717) is 0 Å². The van der Waals surface area contributed by atoms with Crippen LogP contribution in [0.3, 0.4) is 0 Å². The summed E-state index contributed by atoms with van der Waals surface area (Å²) in [5, 5.41) is 8.10. The molecule has 2 rings (SSSR count). The number of rotatable bonds is 9. The van der Waals surface area contributed by atoms with E-state index < -0.39 is 0 Å². The molecule has 0 bridgehead atoms. The summed E-state index contributed by atoms with van der Waals surface area (Å²) in [6.07, 6.45) is 4.21. The Hall–Kier alpha value is -1.28. The molecule has 1 heterocycles. The zero-order valence-corrected chi connectivity index (χ0v) is 18.0. The molecule has 140 valence electrons. The molecule has 1 aromatic carbocycles. The van der Waals surface area contributed by atoms with Gasteiger partial charge in [0.2, 0.25) is 0 Å². The van der Waals surface area contributed by atoms with Crippen molar-refractivity contribution in [3.63, 3.8) is 0 Å². The second kappa shape index (κ2) is 12.1. The van der Waals surface area contributed by atoms with Gasteiger partial charge in [0, 0.05) is 37.2 Å². The van der Waals surface area contributed by atoms with Crippen LogP contribution in [-0.2, 0) is 6.42 Å². The molecular formula is C19H32IN5. The summed E-state index contributed by atoms with van der Waals surface area (Å²) in [6, 6.07) is 8.43. The van der Waals surface area contributed by atoms with Gasteiger partial charge < -0.3 is 20.5 Å². The van der Waals surface area contributed by atoms with Crippen LogP contribution >= 0.6 is 24.0 Å². The Morgan fingerprint density at radius 2 is 1.84 bits per heavy atom. The van der Waals surface area contributed by atoms with Crippen molar-refractivity contribution in [3.05, 3.63) is 36.0 Å². The fourth-order valence-electron chi connectivity index (χ4n) is 2.92. The van der Waals surface area contributed by atoms with E-state index in [0.717, 1.165) is 51.5 Å². The molecule has 0 amide bonds. The molecule has 0 saturated carbocycles. The van der Waals surface area contributed by atoms with E-state index in [9.17, 15) is 0 Å². The molecule has 2 aromatic rings. The molecule has 5 nitrogen and oxygen atoms in total. The molecule has 6 heteroatoms. The lowest BCUT2D eigenvalue weighted by Crippen LogP contribution is -2.39. The van der Waals surface area contributed by atoms with E-state index >= 15 is 0 Å². The number of hydrogen-bond acceptors (Lipinski definition) is 2. The van der Waals surface area contributed by atoms with Crippen molar-refractivity contribution < 1.29 is 0 Å². The second-order valence-corrected chi connectivity index (χ2v) is 5.92. The van der Waals surface area contributed by atoms with Gasteiger partial charge in [0.15, 0.2) is 5.96 Å². The first kappa shape index (κ1) is 21.8. The molecule has 0 fully saturated rings. The topological polar surface area (TPSA) is 55.4 Å². The van der Waals surface area contributed by atoms with E-state index in [1.54, 1.807) is 0 Å². The lowest BCUT2D eigenvalue weighted by Gasteiger charge is -2.18. The zero-order chi connectivity index (χ0) is 17.2. The predicted octanol–water partition coefficient (Wildman–Crippen LogP) is 3.23. The predicted molar refractivity (Wildman–Crippen MR) is 119 cm³/mol. The number of aromatic nitrogens is 1. The number of fused-ring (bicyclic) bond motifs is 1. The number of guanidine groups is 1. The molecule has 0 unspecified atom stereocenters. The molecule has 1 aromatic heterocycles. The van der Waals surface area contributed by atoms with Crippen molar-refractivity contribution in [3.8, 4) is 0 Å². The molecule has 3 N–H and O–H groups in total. The van der Waals surface area contributed by atoms with Crippen LogP contribution in [0.5, 0.6) is 0 Å². The van der Waals surface area contributed by atoms with E-state index in [2.05, 4.69) is 69.8 Å². The molecule has 0 spiro atoms. The van der Waals surface area contributed by atoms with Gasteiger partial charge in [-0.1, -0.05) is 32.0 Å². The lowest BCUT2D eigenvalue weighted by atomic mass is 10.1. The first-order chi connectivity index (χ1) is 11.8.